The molecule has 2 aliphatic heterocycles. The van der Waals surface area contributed by atoms with Crippen molar-refractivity contribution >= 4 is 28.7 Å². The summed E-state index contributed by atoms with van der Waals surface area (Å²) >= 11 is 6.84. The number of para-hydroxylation sites is 2. The summed E-state index contributed by atoms with van der Waals surface area (Å²) in [6.45, 7) is 4.48. The van der Waals surface area contributed by atoms with E-state index in [1.807, 2.05) is 0 Å². The van der Waals surface area contributed by atoms with Gasteiger partial charge < -0.3 is 5.32 Å². The number of fused-ring (bicyclic) bond motifs is 2. The topological polar surface area (TPSA) is 24.4 Å². The summed E-state index contributed by atoms with van der Waals surface area (Å²) in [4.78, 5) is 4.87. The highest BCUT2D eigenvalue weighted by atomic mass is 35.5. The van der Waals surface area contributed by atoms with Crippen LogP contribution in [0.2, 0.25) is 0 Å². The van der Waals surface area contributed by atoms with Crippen LogP contribution >= 0.6 is 11.6 Å². The molecule has 156 valence electrons. The monoisotopic (exact) mass is 426 g/mol. The molecule has 0 saturated carbocycles. The minimum absolute atomic E-state index is 0.0823. The first-order valence-corrected chi connectivity index (χ1v) is 11.4. The molecule has 31 heavy (non-hydrogen) atoms. The van der Waals surface area contributed by atoms with Gasteiger partial charge in [0.15, 0.2) is 0 Å². The van der Waals surface area contributed by atoms with Gasteiger partial charge in [-0.2, -0.15) is 0 Å². The average Bonchev–Trinajstić information content (AvgIpc) is 3.30. The van der Waals surface area contributed by atoms with Crippen molar-refractivity contribution in [3.05, 3.63) is 106 Å². The number of hydrogen-bond acceptors (Lipinski definition) is 2. The van der Waals surface area contributed by atoms with E-state index in [-0.39, 0.29) is 5.41 Å². The van der Waals surface area contributed by atoms with Crippen molar-refractivity contribution in [1.29, 1.82) is 0 Å². The molecule has 0 saturated heterocycles. The molecular formula is C28H27ClN2. The number of rotatable bonds is 3. The van der Waals surface area contributed by atoms with E-state index >= 15 is 0 Å². The predicted molar refractivity (Wildman–Crippen MR) is 132 cm³/mol. The van der Waals surface area contributed by atoms with Crippen LogP contribution in [0, 0.1) is 0 Å². The highest BCUT2D eigenvalue weighted by Gasteiger charge is 2.33. The Morgan fingerprint density at radius 2 is 1.77 bits per heavy atom. The van der Waals surface area contributed by atoms with Gasteiger partial charge in [0, 0.05) is 28.3 Å². The molecule has 2 heterocycles. The highest BCUT2D eigenvalue weighted by molar-refractivity contribution is 6.32. The van der Waals surface area contributed by atoms with Crippen molar-refractivity contribution in [2.24, 2.45) is 4.99 Å². The fraction of sp³-hybridized carbons (Fsp3) is 0.250. The third-order valence-electron chi connectivity index (χ3n) is 6.54. The Bertz CT molecular complexity index is 1160. The molecule has 0 atom stereocenters. The lowest BCUT2D eigenvalue weighted by atomic mass is 9.81. The summed E-state index contributed by atoms with van der Waals surface area (Å²) in [6.07, 6.45) is 12.8. The molecule has 0 amide bonds. The SMILES string of the molecule is CC1(C)C(/C=C/C2=C(Cl)C(=C\C=C3\Cc4ccccc4N3)/CCC2)=Nc2ccccc21. The molecule has 0 spiro atoms. The lowest BCUT2D eigenvalue weighted by Gasteiger charge is -2.21. The molecule has 2 nitrogen and oxygen atoms in total. The maximum atomic E-state index is 6.84. The van der Waals surface area contributed by atoms with Crippen LogP contribution in [0.25, 0.3) is 0 Å². The van der Waals surface area contributed by atoms with Crippen molar-refractivity contribution in [2.45, 2.75) is 44.9 Å². The zero-order valence-corrected chi connectivity index (χ0v) is 18.8. The second kappa shape index (κ2) is 8.01. The van der Waals surface area contributed by atoms with Crippen molar-refractivity contribution in [1.82, 2.24) is 0 Å². The van der Waals surface area contributed by atoms with E-state index in [1.54, 1.807) is 0 Å². The Morgan fingerprint density at radius 1 is 0.968 bits per heavy atom. The standard InChI is InChI=1S/C28H27ClN2/c1-28(2)23-11-4-6-13-25(23)31-26(28)17-15-20-10-7-9-19(27(20)29)14-16-22-18-21-8-3-5-12-24(21)30-22/h3-6,8,11-17,30H,7,9-10,18H2,1-2H3/b17-15+,19-14-,22-16-. The van der Waals surface area contributed by atoms with E-state index in [2.05, 4.69) is 92.0 Å². The van der Waals surface area contributed by atoms with Crippen LogP contribution in [0.5, 0.6) is 0 Å². The molecule has 3 heteroatoms. The maximum absolute atomic E-state index is 6.84. The van der Waals surface area contributed by atoms with E-state index < -0.39 is 0 Å². The zero-order valence-electron chi connectivity index (χ0n) is 18.1. The van der Waals surface area contributed by atoms with Gasteiger partial charge in [0.25, 0.3) is 0 Å². The molecule has 1 aliphatic carbocycles. The summed E-state index contributed by atoms with van der Waals surface area (Å²) in [5.41, 5.74) is 9.58. The second-order valence-corrected chi connectivity index (χ2v) is 9.39. The first-order chi connectivity index (χ1) is 15.0. The summed E-state index contributed by atoms with van der Waals surface area (Å²) in [7, 11) is 0. The van der Waals surface area contributed by atoms with Crippen molar-refractivity contribution in [3.63, 3.8) is 0 Å². The molecule has 3 aliphatic rings. The first kappa shape index (κ1) is 20.1. The average molecular weight is 427 g/mol. The summed E-state index contributed by atoms with van der Waals surface area (Å²) in [6, 6.07) is 16.9. The van der Waals surface area contributed by atoms with Gasteiger partial charge in [0.05, 0.1) is 11.4 Å². The van der Waals surface area contributed by atoms with Crippen LogP contribution in [0.3, 0.4) is 0 Å². The summed E-state index contributed by atoms with van der Waals surface area (Å²) in [5, 5.41) is 4.40. The van der Waals surface area contributed by atoms with E-state index in [0.717, 1.165) is 42.1 Å². The number of allylic oxidation sites excluding steroid dienone is 8. The minimum atomic E-state index is -0.0823. The van der Waals surface area contributed by atoms with Crippen molar-refractivity contribution in [2.75, 3.05) is 5.32 Å². The smallest absolute Gasteiger partial charge is 0.0674 e. The van der Waals surface area contributed by atoms with Crippen molar-refractivity contribution < 1.29 is 0 Å². The van der Waals surface area contributed by atoms with Gasteiger partial charge in [-0.25, -0.2) is 0 Å². The molecule has 0 fully saturated rings. The van der Waals surface area contributed by atoms with Crippen LogP contribution in [-0.4, -0.2) is 5.71 Å². The number of benzene rings is 2. The quantitative estimate of drug-likeness (QED) is 0.532. The summed E-state index contributed by atoms with van der Waals surface area (Å²) in [5.74, 6) is 0. The molecule has 2 aromatic rings. The number of nitrogens with one attached hydrogen (secondary N) is 1. The molecular weight excluding hydrogens is 400 g/mol. The third kappa shape index (κ3) is 3.81. The predicted octanol–water partition coefficient (Wildman–Crippen LogP) is 7.76. The molecule has 0 bridgehead atoms. The van der Waals surface area contributed by atoms with E-state index in [4.69, 9.17) is 16.6 Å². The third-order valence-corrected chi connectivity index (χ3v) is 7.02. The Kier molecular flexibility index (Phi) is 5.19. The Labute approximate surface area is 189 Å². The lowest BCUT2D eigenvalue weighted by Crippen LogP contribution is -2.23. The molecule has 5 rings (SSSR count). The van der Waals surface area contributed by atoms with Crippen LogP contribution in [0.15, 0.2) is 99.7 Å². The number of hydrogen-bond donors (Lipinski definition) is 1. The molecule has 0 radical (unpaired) electrons. The van der Waals surface area contributed by atoms with E-state index in [9.17, 15) is 0 Å². The Morgan fingerprint density at radius 3 is 2.61 bits per heavy atom. The van der Waals surface area contributed by atoms with Crippen LogP contribution in [-0.2, 0) is 11.8 Å². The van der Waals surface area contributed by atoms with Gasteiger partial charge in [-0.3, -0.25) is 4.99 Å². The van der Waals surface area contributed by atoms with Gasteiger partial charge in [-0.1, -0.05) is 74.0 Å². The van der Waals surface area contributed by atoms with Crippen LogP contribution < -0.4 is 5.32 Å². The van der Waals surface area contributed by atoms with Crippen LogP contribution in [0.4, 0.5) is 11.4 Å². The zero-order chi connectivity index (χ0) is 21.4. The number of aliphatic imine (C=N–C) groups is 1. The van der Waals surface area contributed by atoms with E-state index in [1.165, 1.54) is 33.7 Å². The molecule has 0 unspecified atom stereocenters. The van der Waals surface area contributed by atoms with Gasteiger partial charge in [-0.05, 0) is 65.8 Å². The van der Waals surface area contributed by atoms with E-state index in [0.29, 0.717) is 0 Å². The number of nitrogens with zero attached hydrogens (tertiary/aromatic N) is 1. The maximum Gasteiger partial charge on any atom is 0.0674 e. The highest BCUT2D eigenvalue weighted by Crippen LogP contribution is 2.40. The lowest BCUT2D eigenvalue weighted by molar-refractivity contribution is 0.739. The summed E-state index contributed by atoms with van der Waals surface area (Å²) < 4.78 is 0. The molecule has 2 aromatic carbocycles. The van der Waals surface area contributed by atoms with Gasteiger partial charge in [0.1, 0.15) is 0 Å². The normalized spacial score (nSPS) is 22.1. The van der Waals surface area contributed by atoms with Gasteiger partial charge >= 0.3 is 0 Å². The Balaban J connectivity index is 1.36. The molecule has 0 aromatic heterocycles. The van der Waals surface area contributed by atoms with Gasteiger partial charge in [0.2, 0.25) is 0 Å². The number of anilines is 1. The van der Waals surface area contributed by atoms with Crippen LogP contribution in [0.1, 0.15) is 44.2 Å². The largest absolute Gasteiger partial charge is 0.358 e. The van der Waals surface area contributed by atoms with Crippen molar-refractivity contribution in [3.8, 4) is 0 Å². The first-order valence-electron chi connectivity index (χ1n) is 11.0. The Hall–Kier alpha value is -2.84. The molecule has 1 N–H and O–H groups in total. The fourth-order valence-corrected chi connectivity index (χ4v) is 4.98. The van der Waals surface area contributed by atoms with Gasteiger partial charge in [-0.15, -0.1) is 0 Å². The second-order valence-electron chi connectivity index (χ2n) is 9.01. The minimum Gasteiger partial charge on any atom is -0.358 e. The fourth-order valence-electron chi connectivity index (χ4n) is 4.66. The number of halogens is 1.